The summed E-state index contributed by atoms with van der Waals surface area (Å²) in [7, 11) is 0. The summed E-state index contributed by atoms with van der Waals surface area (Å²) in [4.78, 5) is 92.3. The van der Waals surface area contributed by atoms with Crippen molar-refractivity contribution in [3.63, 3.8) is 0 Å². The zero-order chi connectivity index (χ0) is 94.8. The zero-order valence-corrected chi connectivity index (χ0v) is 75.0. The molecule has 5 saturated heterocycles. The number of carbonyl (C=O) groups is 7. The van der Waals surface area contributed by atoms with Gasteiger partial charge in [0.05, 0.1) is 88.2 Å². The van der Waals surface area contributed by atoms with E-state index in [0.717, 1.165) is 85.0 Å². The number of aliphatic hydroxyl groups excluding tert-OH is 17. The highest BCUT2D eigenvalue weighted by molar-refractivity contribution is 5.79. The fraction of sp³-hybridized carbons (Fsp3) is 0.897. The summed E-state index contributed by atoms with van der Waals surface area (Å²) >= 11 is 0. The number of allylic oxidation sites excluding steroid dienone is 1. The predicted molar refractivity (Wildman–Crippen MR) is 452 cm³/mol. The average molecular weight is 1850 g/mol. The first-order chi connectivity index (χ1) is 61.0. The van der Waals surface area contributed by atoms with Crippen LogP contribution in [0.25, 0.3) is 0 Å². The minimum Gasteiger partial charge on any atom is -0.477 e. The van der Waals surface area contributed by atoms with E-state index in [9.17, 15) is 136 Å². The Kier molecular flexibility index (Phi) is 52.3. The maximum Gasteiger partial charge on any atom is 0.364 e. The second kappa shape index (κ2) is 59.0. The van der Waals surface area contributed by atoms with Crippen molar-refractivity contribution >= 4 is 41.5 Å². The number of ether oxygens (including phenoxy) is 10. The molecule has 5 fully saturated rings. The van der Waals surface area contributed by atoms with Gasteiger partial charge in [-0.1, -0.05) is 219 Å². The van der Waals surface area contributed by atoms with Crippen LogP contribution in [0.4, 0.5) is 0 Å². The van der Waals surface area contributed by atoms with E-state index in [4.69, 9.17) is 47.4 Å². The maximum absolute atomic E-state index is 13.8. The average Bonchev–Trinajstić information content (AvgIpc) is 0.741. The van der Waals surface area contributed by atoms with E-state index in [1.807, 2.05) is 0 Å². The first-order valence-electron chi connectivity index (χ1n) is 46.3. The van der Waals surface area contributed by atoms with Crippen molar-refractivity contribution < 1.29 is 183 Å². The van der Waals surface area contributed by atoms with Gasteiger partial charge in [0.2, 0.25) is 23.6 Å². The van der Waals surface area contributed by atoms with Gasteiger partial charge < -0.3 is 171 Å². The van der Waals surface area contributed by atoms with Gasteiger partial charge in [-0.05, 0) is 19.3 Å². The van der Waals surface area contributed by atoms with Crippen LogP contribution in [0, 0.1) is 0 Å². The largest absolute Gasteiger partial charge is 0.477 e. The van der Waals surface area contributed by atoms with Crippen LogP contribution in [-0.2, 0) is 80.9 Å². The molecular weight excluding hydrogens is 1690 g/mol. The molecule has 41 nitrogen and oxygen atoms in total. The minimum atomic E-state index is -3.58. The lowest BCUT2D eigenvalue weighted by atomic mass is 9.86. The number of hydrogen-bond acceptors (Lipinski definition) is 34. The third-order valence-electron chi connectivity index (χ3n) is 24.5. The number of aliphatic carboxylic acids is 3. The van der Waals surface area contributed by atoms with Crippen molar-refractivity contribution in [1.82, 2.24) is 21.3 Å². The summed E-state index contributed by atoms with van der Waals surface area (Å²) in [5.74, 6) is -20.6. The zero-order valence-electron chi connectivity index (χ0n) is 75.0. The highest BCUT2D eigenvalue weighted by atomic mass is 16.8. The number of carboxylic acids is 3. The standard InChI is InChI=1S/C87H154N4O37/c1-6-8-10-12-14-16-18-20-21-22-23-24-25-26-27-29-31-33-35-37-39-41-64(105)91-54(55(100)40-38-36-34-32-30-28-19-17-15-13-11-9-7-2)50-119-80-73(111)72(110)75(63(49-96)121-80)122-81-74(112)79(69(107)60(46-93)120-81)128-87(84(117)118)44-58(103)67(90-53(5)99)78(127-87)71(109)62(48-95)124-86(83(115)116)43-57(102)66(89-52(4)98)77(126-86)70(108)61(47-94)123-85(82(113)114)42-56(101)65(88-51(3)97)76(125-85)68(106)59(104)45-92/h38,40,54-63,65-81,92-96,100-104,106-112H,6-37,39,41-50H2,1-5H3,(H,88,97)(H,89,98)(H,90,99)(H,91,105)(H,113,114)(H,115,116)(H,117,118). The first-order valence-corrected chi connectivity index (χ1v) is 46.3. The Hall–Kier alpha value is -5.05. The van der Waals surface area contributed by atoms with Gasteiger partial charge in [0.15, 0.2) is 12.6 Å². The van der Waals surface area contributed by atoms with E-state index in [0.29, 0.717) is 12.8 Å². The molecule has 0 saturated carbocycles. The number of amides is 4. The van der Waals surface area contributed by atoms with Gasteiger partial charge in [0.25, 0.3) is 17.4 Å². The van der Waals surface area contributed by atoms with Crippen molar-refractivity contribution in [2.75, 3.05) is 39.6 Å². The molecule has 0 bridgehead atoms. The SMILES string of the molecule is CCCCCCCCCCCCCC=CC(O)C(COC1OC(CO)C(OC2OC(CO)C(O)C(OC3(C(=O)O)CC(O)C(NC(C)=O)C(C(O)C(CO)OC4(C(=O)O)CC(O)C(NC(C)=O)C(C(O)C(CO)OC5(C(=O)O)CC(O)C(NC(C)=O)C(C(O)C(O)CO)O5)O4)O3)C2O)C(O)C1O)NC(=O)CCCCCCCCCCCCCCCCCCCCCCC. The molecule has 5 aliphatic heterocycles. The number of carboxylic acid groups (broad SMARTS) is 3. The predicted octanol–water partition coefficient (Wildman–Crippen LogP) is -0.146. The van der Waals surface area contributed by atoms with Crippen molar-refractivity contribution in [1.29, 1.82) is 0 Å². The van der Waals surface area contributed by atoms with E-state index in [1.165, 1.54) is 141 Å². The fourth-order valence-corrected chi connectivity index (χ4v) is 17.2. The lowest BCUT2D eigenvalue weighted by Crippen LogP contribution is -2.72. The van der Waals surface area contributed by atoms with E-state index in [1.54, 1.807) is 6.08 Å². The van der Waals surface area contributed by atoms with Crippen LogP contribution in [0.5, 0.6) is 0 Å². The van der Waals surface area contributed by atoms with Crippen molar-refractivity contribution in [2.45, 2.75) is 454 Å². The molecule has 0 aliphatic carbocycles. The molecule has 0 aromatic rings. The molecule has 4 amide bonds. The summed E-state index contributed by atoms with van der Waals surface area (Å²) < 4.78 is 58.3. The van der Waals surface area contributed by atoms with Crippen LogP contribution in [0.3, 0.4) is 0 Å². The van der Waals surface area contributed by atoms with Crippen molar-refractivity contribution in [3.8, 4) is 0 Å². The molecular formula is C87H154N4O37. The van der Waals surface area contributed by atoms with E-state index < -0.39 is 283 Å². The van der Waals surface area contributed by atoms with Crippen molar-refractivity contribution in [2.24, 2.45) is 0 Å². The van der Waals surface area contributed by atoms with Crippen LogP contribution in [0.2, 0.25) is 0 Å². The first kappa shape index (κ1) is 113. The third kappa shape index (κ3) is 35.0. The van der Waals surface area contributed by atoms with Crippen LogP contribution in [0.15, 0.2) is 12.2 Å². The van der Waals surface area contributed by atoms with Crippen LogP contribution < -0.4 is 21.3 Å². The second-order valence-electron chi connectivity index (χ2n) is 35.0. The number of unbranched alkanes of at least 4 members (excludes halogenated alkanes) is 31. The van der Waals surface area contributed by atoms with Gasteiger partial charge in [-0.15, -0.1) is 0 Å². The Morgan fingerprint density at radius 2 is 0.781 bits per heavy atom. The Balaban J connectivity index is 1.31. The molecule has 30 atom stereocenters. The smallest absolute Gasteiger partial charge is 0.364 e. The lowest BCUT2D eigenvalue weighted by molar-refractivity contribution is -0.388. The lowest BCUT2D eigenvalue weighted by Gasteiger charge is -2.51. The van der Waals surface area contributed by atoms with Gasteiger partial charge in [-0.25, -0.2) is 14.4 Å². The molecule has 0 aromatic heterocycles. The Labute approximate surface area is 749 Å². The molecule has 5 heterocycles. The van der Waals surface area contributed by atoms with E-state index >= 15 is 0 Å². The number of rotatable bonds is 65. The van der Waals surface area contributed by atoms with Crippen LogP contribution >= 0.6 is 0 Å². The van der Waals surface area contributed by atoms with Gasteiger partial charge in [0, 0.05) is 46.5 Å². The highest BCUT2D eigenvalue weighted by Crippen LogP contribution is 2.43. The number of hydrogen-bond donors (Lipinski definition) is 24. The third-order valence-corrected chi connectivity index (χ3v) is 24.5. The Bertz CT molecular complexity index is 3210. The molecule has 5 rings (SSSR count). The Morgan fingerprint density at radius 3 is 1.15 bits per heavy atom. The van der Waals surface area contributed by atoms with Gasteiger partial charge in [0.1, 0.15) is 104 Å². The van der Waals surface area contributed by atoms with Crippen molar-refractivity contribution in [3.05, 3.63) is 12.2 Å². The topological polar surface area (TPSA) is 665 Å². The molecule has 0 radical (unpaired) electrons. The molecule has 5 aliphatic rings. The fourth-order valence-electron chi connectivity index (χ4n) is 17.2. The highest BCUT2D eigenvalue weighted by Gasteiger charge is 2.64. The van der Waals surface area contributed by atoms with Gasteiger partial charge in [-0.2, -0.15) is 0 Å². The molecule has 24 N–H and O–H groups in total. The number of carbonyl (C=O) groups excluding carboxylic acids is 4. The number of nitrogens with one attached hydrogen (secondary N) is 4. The Morgan fingerprint density at radius 1 is 0.422 bits per heavy atom. The summed E-state index contributed by atoms with van der Waals surface area (Å²) in [5.41, 5.74) is 0. The summed E-state index contributed by atoms with van der Waals surface area (Å²) in [6.45, 7) is -0.0443. The van der Waals surface area contributed by atoms with E-state index in [-0.39, 0.29) is 6.42 Å². The van der Waals surface area contributed by atoms with Gasteiger partial charge in [-0.3, -0.25) is 19.2 Å². The molecule has 0 aromatic carbocycles. The molecule has 0 spiro atoms. The molecule has 128 heavy (non-hydrogen) atoms. The summed E-state index contributed by atoms with van der Waals surface area (Å²) in [6.07, 6.45) is -14.2. The number of aliphatic hydroxyl groups is 17. The molecule has 744 valence electrons. The van der Waals surface area contributed by atoms with Crippen LogP contribution in [-0.4, -0.2) is 366 Å². The molecule has 30 unspecified atom stereocenters. The monoisotopic (exact) mass is 1850 g/mol. The molecule has 41 heteroatoms. The maximum atomic E-state index is 13.8. The summed E-state index contributed by atoms with van der Waals surface area (Å²) in [6, 6.07) is -7.03. The van der Waals surface area contributed by atoms with Crippen LogP contribution in [0.1, 0.15) is 272 Å². The van der Waals surface area contributed by atoms with E-state index in [2.05, 4.69) is 35.1 Å². The van der Waals surface area contributed by atoms with Gasteiger partial charge >= 0.3 is 17.9 Å². The second-order valence-corrected chi connectivity index (χ2v) is 35.0. The summed E-state index contributed by atoms with van der Waals surface area (Å²) in [5, 5.41) is 235. The minimum absolute atomic E-state index is 0.123. The normalized spacial score (nSPS) is 31.8. The quantitative estimate of drug-likeness (QED) is 0.0278.